The third-order valence-electron chi connectivity index (χ3n) is 3.22. The van der Waals surface area contributed by atoms with E-state index in [4.69, 9.17) is 4.74 Å². The number of aromatic hydroxyl groups is 1. The molecule has 3 aromatic rings. The lowest BCUT2D eigenvalue weighted by molar-refractivity contribution is 0.441. The van der Waals surface area contributed by atoms with Gasteiger partial charge in [0.1, 0.15) is 11.5 Å². The molecule has 3 rings (SSSR count). The summed E-state index contributed by atoms with van der Waals surface area (Å²) in [7, 11) is 0. The van der Waals surface area contributed by atoms with Crippen LogP contribution in [0.5, 0.6) is 17.5 Å². The highest BCUT2D eigenvalue weighted by Gasteiger charge is 2.03. The van der Waals surface area contributed by atoms with Crippen LogP contribution in [0.3, 0.4) is 0 Å². The molecule has 0 saturated carbocycles. The molecule has 5 nitrogen and oxygen atoms in total. The van der Waals surface area contributed by atoms with Crippen LogP contribution in [0.4, 0.5) is 0 Å². The highest BCUT2D eigenvalue weighted by atomic mass is 16.5. The number of phenolic OH excluding ortho intramolecular Hbond substituents is 1. The first kappa shape index (κ1) is 15.3. The smallest absolute Gasteiger partial charge is 0.321 e. The summed E-state index contributed by atoms with van der Waals surface area (Å²) in [5.74, 6) is 0.743. The van der Waals surface area contributed by atoms with E-state index >= 15 is 0 Å². The summed E-state index contributed by atoms with van der Waals surface area (Å²) in [6, 6.07) is 17.9. The van der Waals surface area contributed by atoms with Gasteiger partial charge in [-0.3, -0.25) is 0 Å². The number of phenols is 1. The standard InChI is InChI=1S/C19H13N3O2/c20-13-16(15-5-7-17(23)8-6-15)11-14-3-1-4-18(12-14)24-19-21-9-2-10-22-19/h1-12,23H/b16-11-. The van der Waals surface area contributed by atoms with Gasteiger partial charge >= 0.3 is 6.01 Å². The van der Waals surface area contributed by atoms with Gasteiger partial charge in [-0.15, -0.1) is 0 Å². The van der Waals surface area contributed by atoms with E-state index in [0.29, 0.717) is 11.3 Å². The topological polar surface area (TPSA) is 79.0 Å². The average Bonchev–Trinajstić information content (AvgIpc) is 2.62. The van der Waals surface area contributed by atoms with Gasteiger partial charge in [-0.1, -0.05) is 12.1 Å². The number of rotatable bonds is 4. The van der Waals surface area contributed by atoms with E-state index in [0.717, 1.165) is 11.1 Å². The molecule has 1 aromatic heterocycles. The number of ether oxygens (including phenoxy) is 1. The SMILES string of the molecule is N#C/C(=C/c1cccc(Oc2ncccn2)c1)c1ccc(O)cc1. The Labute approximate surface area is 139 Å². The molecule has 5 heteroatoms. The molecule has 0 saturated heterocycles. The fraction of sp³-hybridized carbons (Fsp3) is 0. The Kier molecular flexibility index (Phi) is 4.50. The van der Waals surface area contributed by atoms with E-state index < -0.39 is 0 Å². The normalized spacial score (nSPS) is 10.9. The molecular formula is C19H13N3O2. The summed E-state index contributed by atoms with van der Waals surface area (Å²) < 4.78 is 5.59. The summed E-state index contributed by atoms with van der Waals surface area (Å²) in [4.78, 5) is 8.02. The van der Waals surface area contributed by atoms with E-state index in [1.807, 2.05) is 12.1 Å². The van der Waals surface area contributed by atoms with Crippen LogP contribution in [0, 0.1) is 11.3 Å². The molecule has 0 unspecified atom stereocenters. The maximum Gasteiger partial charge on any atom is 0.321 e. The van der Waals surface area contributed by atoms with Crippen molar-refractivity contribution in [3.8, 4) is 23.6 Å². The molecule has 0 aliphatic carbocycles. The van der Waals surface area contributed by atoms with Crippen LogP contribution < -0.4 is 4.74 Å². The van der Waals surface area contributed by atoms with Gasteiger partial charge in [-0.2, -0.15) is 5.26 Å². The van der Waals surface area contributed by atoms with Gasteiger partial charge in [0.25, 0.3) is 0 Å². The number of benzene rings is 2. The van der Waals surface area contributed by atoms with Crippen molar-refractivity contribution >= 4 is 11.6 Å². The van der Waals surface area contributed by atoms with E-state index in [9.17, 15) is 10.4 Å². The number of aromatic nitrogens is 2. The van der Waals surface area contributed by atoms with Gasteiger partial charge in [-0.05, 0) is 59.7 Å². The second kappa shape index (κ2) is 7.07. The summed E-state index contributed by atoms with van der Waals surface area (Å²) in [6.45, 7) is 0. The van der Waals surface area contributed by atoms with Gasteiger partial charge < -0.3 is 9.84 Å². The third-order valence-corrected chi connectivity index (χ3v) is 3.22. The Balaban J connectivity index is 1.87. The van der Waals surface area contributed by atoms with Crippen LogP contribution >= 0.6 is 0 Å². The van der Waals surface area contributed by atoms with E-state index in [2.05, 4.69) is 16.0 Å². The summed E-state index contributed by atoms with van der Waals surface area (Å²) in [5.41, 5.74) is 2.03. The molecule has 0 radical (unpaired) electrons. The molecule has 2 aromatic carbocycles. The lowest BCUT2D eigenvalue weighted by atomic mass is 10.0. The maximum atomic E-state index is 9.38. The molecule has 0 atom stereocenters. The van der Waals surface area contributed by atoms with Crippen molar-refractivity contribution in [2.24, 2.45) is 0 Å². The molecule has 0 spiro atoms. The van der Waals surface area contributed by atoms with Crippen molar-refractivity contribution < 1.29 is 9.84 Å². The molecule has 116 valence electrons. The van der Waals surface area contributed by atoms with Crippen molar-refractivity contribution in [1.82, 2.24) is 9.97 Å². The fourth-order valence-electron chi connectivity index (χ4n) is 2.10. The van der Waals surface area contributed by atoms with E-state index in [1.54, 1.807) is 60.9 Å². The van der Waals surface area contributed by atoms with E-state index in [-0.39, 0.29) is 11.8 Å². The van der Waals surface area contributed by atoms with Crippen LogP contribution in [0.25, 0.3) is 11.6 Å². The Bertz CT molecular complexity index is 898. The van der Waals surface area contributed by atoms with Crippen molar-refractivity contribution in [3.05, 3.63) is 78.1 Å². The Morgan fingerprint density at radius 3 is 2.50 bits per heavy atom. The molecule has 1 heterocycles. The minimum atomic E-state index is 0.161. The van der Waals surface area contributed by atoms with E-state index in [1.165, 1.54) is 0 Å². The molecule has 0 amide bonds. The van der Waals surface area contributed by atoms with Gasteiger partial charge in [-0.25, -0.2) is 9.97 Å². The molecule has 24 heavy (non-hydrogen) atoms. The summed E-state index contributed by atoms with van der Waals surface area (Å²) in [5, 5.41) is 18.7. The highest BCUT2D eigenvalue weighted by molar-refractivity contribution is 5.89. The average molecular weight is 315 g/mol. The predicted molar refractivity (Wildman–Crippen MR) is 90.1 cm³/mol. The molecule has 0 aliphatic heterocycles. The number of hydrogen-bond donors (Lipinski definition) is 1. The number of hydrogen-bond acceptors (Lipinski definition) is 5. The first-order valence-corrected chi connectivity index (χ1v) is 7.21. The zero-order valence-corrected chi connectivity index (χ0v) is 12.6. The first-order valence-electron chi connectivity index (χ1n) is 7.21. The molecule has 0 aliphatic rings. The Morgan fingerprint density at radius 2 is 1.79 bits per heavy atom. The van der Waals surface area contributed by atoms with Gasteiger partial charge in [0.2, 0.25) is 0 Å². The van der Waals surface area contributed by atoms with Crippen molar-refractivity contribution in [2.75, 3.05) is 0 Å². The lowest BCUT2D eigenvalue weighted by Crippen LogP contribution is -1.90. The monoisotopic (exact) mass is 315 g/mol. The van der Waals surface area contributed by atoms with Gasteiger partial charge in [0.05, 0.1) is 11.6 Å². The van der Waals surface area contributed by atoms with Crippen molar-refractivity contribution in [3.63, 3.8) is 0 Å². The number of nitriles is 1. The first-order chi connectivity index (χ1) is 11.7. The van der Waals surface area contributed by atoms with Gasteiger partial charge in [0, 0.05) is 12.4 Å². The molecule has 0 bridgehead atoms. The zero-order chi connectivity index (χ0) is 16.8. The molecule has 0 fully saturated rings. The quantitative estimate of drug-likeness (QED) is 0.580. The van der Waals surface area contributed by atoms with Crippen molar-refractivity contribution in [2.45, 2.75) is 0 Å². The third kappa shape index (κ3) is 3.76. The predicted octanol–water partition coefficient (Wildman–Crippen LogP) is 4.04. The van der Waals surface area contributed by atoms with Crippen LogP contribution in [0.2, 0.25) is 0 Å². The lowest BCUT2D eigenvalue weighted by Gasteiger charge is -2.05. The number of allylic oxidation sites excluding steroid dienone is 1. The molecule has 1 N–H and O–H groups in total. The summed E-state index contributed by atoms with van der Waals surface area (Å²) >= 11 is 0. The van der Waals surface area contributed by atoms with Crippen molar-refractivity contribution in [1.29, 1.82) is 5.26 Å². The minimum absolute atomic E-state index is 0.161. The second-order valence-electron chi connectivity index (χ2n) is 4.92. The molecular weight excluding hydrogens is 302 g/mol. The van der Waals surface area contributed by atoms with Crippen LogP contribution in [0.15, 0.2) is 67.0 Å². The van der Waals surface area contributed by atoms with Crippen LogP contribution in [-0.4, -0.2) is 15.1 Å². The van der Waals surface area contributed by atoms with Crippen LogP contribution in [-0.2, 0) is 0 Å². The second-order valence-corrected chi connectivity index (χ2v) is 4.92. The number of nitrogens with zero attached hydrogens (tertiary/aromatic N) is 3. The Morgan fingerprint density at radius 1 is 1.04 bits per heavy atom. The highest BCUT2D eigenvalue weighted by Crippen LogP contribution is 2.23. The minimum Gasteiger partial charge on any atom is -0.508 e. The fourth-order valence-corrected chi connectivity index (χ4v) is 2.10. The van der Waals surface area contributed by atoms with Crippen LogP contribution in [0.1, 0.15) is 11.1 Å². The largest absolute Gasteiger partial charge is 0.508 e. The summed E-state index contributed by atoms with van der Waals surface area (Å²) in [6.07, 6.45) is 4.96. The Hall–Kier alpha value is -3.65. The maximum absolute atomic E-state index is 9.38. The zero-order valence-electron chi connectivity index (χ0n) is 12.6. The van der Waals surface area contributed by atoms with Gasteiger partial charge in [0.15, 0.2) is 0 Å².